The van der Waals surface area contributed by atoms with Crippen molar-refractivity contribution in [2.45, 2.75) is 17.7 Å². The third-order valence-electron chi connectivity index (χ3n) is 7.55. The first-order valence-electron chi connectivity index (χ1n) is 12.6. The lowest BCUT2D eigenvalue weighted by Gasteiger charge is -2.44. The quantitative estimate of drug-likeness (QED) is 0.300. The molecule has 0 N–H and O–H groups in total. The van der Waals surface area contributed by atoms with Gasteiger partial charge >= 0.3 is 0 Å². The maximum absolute atomic E-state index is 14.2. The summed E-state index contributed by atoms with van der Waals surface area (Å²) in [7, 11) is -2.54. The normalized spacial score (nSPS) is 18.9. The lowest BCUT2D eigenvalue weighted by Crippen LogP contribution is -2.53. The van der Waals surface area contributed by atoms with Crippen molar-refractivity contribution in [2.75, 3.05) is 20.2 Å². The molecule has 1 aliphatic heterocycles. The van der Waals surface area contributed by atoms with Gasteiger partial charge in [-0.05, 0) is 79.1 Å². The number of methoxy groups -OCH3 is 1. The van der Waals surface area contributed by atoms with Gasteiger partial charge in [0.25, 0.3) is 0 Å². The lowest BCUT2D eigenvalue weighted by molar-refractivity contribution is 0.0770. The van der Waals surface area contributed by atoms with Crippen LogP contribution in [-0.2, 0) is 16.4 Å². The number of carbonyl (C=O) groups excluding carboxylic acids is 1. The zero-order valence-electron chi connectivity index (χ0n) is 21.4. The Kier molecular flexibility index (Phi) is 6.56. The smallest absolute Gasteiger partial charge is 0.243 e. The highest BCUT2D eigenvalue weighted by atomic mass is 35.5. The summed E-state index contributed by atoms with van der Waals surface area (Å²) in [6, 6.07) is 15.4. The van der Waals surface area contributed by atoms with Gasteiger partial charge in [-0.15, -0.1) is 0 Å². The van der Waals surface area contributed by atoms with Crippen molar-refractivity contribution < 1.29 is 22.3 Å². The molecule has 2 aromatic heterocycles. The Morgan fingerprint density at radius 1 is 1.12 bits per heavy atom. The number of ether oxygens (including phenoxy) is 1. The first-order chi connectivity index (χ1) is 19.2. The number of carbonyl (C=O) groups is 1. The van der Waals surface area contributed by atoms with Crippen LogP contribution in [0.5, 0.6) is 5.75 Å². The third-order valence-corrected chi connectivity index (χ3v) is 9.68. The number of halogens is 2. The molecule has 11 heteroatoms. The molecule has 1 unspecified atom stereocenters. The molecule has 204 valence electrons. The van der Waals surface area contributed by atoms with Crippen molar-refractivity contribution in [3.8, 4) is 11.4 Å². The van der Waals surface area contributed by atoms with Crippen molar-refractivity contribution >= 4 is 33.5 Å². The molecule has 6 rings (SSSR count). The van der Waals surface area contributed by atoms with Crippen LogP contribution in [0.25, 0.3) is 11.8 Å². The number of nitrogens with zero attached hydrogens (tertiary/aromatic N) is 4. The van der Waals surface area contributed by atoms with Crippen molar-refractivity contribution in [1.82, 2.24) is 19.1 Å². The Labute approximate surface area is 235 Å². The lowest BCUT2D eigenvalue weighted by atomic mass is 9.65. The van der Waals surface area contributed by atoms with E-state index in [4.69, 9.17) is 16.3 Å². The SMILES string of the molecule is COc1ccc(S(=O)(=O)N2CCC3=Cc4c(cnn4-c4ccc(F)cc4)CC3(C(=O)c3ccccn3)C2)cc1Cl. The minimum absolute atomic E-state index is 0.0202. The number of rotatable bonds is 6. The van der Waals surface area contributed by atoms with E-state index in [9.17, 15) is 17.6 Å². The van der Waals surface area contributed by atoms with Gasteiger partial charge in [-0.3, -0.25) is 9.78 Å². The molecule has 2 aliphatic rings. The van der Waals surface area contributed by atoms with Gasteiger partial charge in [0.05, 0.1) is 40.0 Å². The van der Waals surface area contributed by atoms with E-state index >= 15 is 0 Å². The first-order valence-corrected chi connectivity index (χ1v) is 14.4. The number of benzene rings is 2. The summed E-state index contributed by atoms with van der Waals surface area (Å²) in [4.78, 5) is 18.5. The standard InChI is InChI=1S/C29H24ClFN4O4S/c1-39-27-10-9-23(15-24(27)30)40(37,38)34-13-11-20-14-26-19(17-33-35(26)22-7-5-21(31)6-8-22)16-29(20,18-34)28(36)25-4-2-3-12-32-25/h2-10,12,14-15,17H,11,13,16,18H2,1H3. The molecule has 0 spiro atoms. The highest BCUT2D eigenvalue weighted by molar-refractivity contribution is 7.89. The number of fused-ring (bicyclic) bond motifs is 2. The Balaban J connectivity index is 1.44. The molecular weight excluding hydrogens is 555 g/mol. The fourth-order valence-corrected chi connectivity index (χ4v) is 7.36. The molecule has 1 saturated heterocycles. The van der Waals surface area contributed by atoms with E-state index in [1.807, 2.05) is 6.08 Å². The van der Waals surface area contributed by atoms with Crippen LogP contribution in [0.4, 0.5) is 4.39 Å². The fraction of sp³-hybridized carbons (Fsp3) is 0.207. The van der Waals surface area contributed by atoms with Crippen molar-refractivity contribution in [1.29, 1.82) is 0 Å². The number of sulfonamides is 1. The summed E-state index contributed by atoms with van der Waals surface area (Å²) in [5.74, 6) is -0.244. The Morgan fingerprint density at radius 2 is 1.93 bits per heavy atom. The molecule has 4 aromatic rings. The number of hydrogen-bond acceptors (Lipinski definition) is 6. The number of Topliss-reactive ketones (excluding diaryl/α,β-unsaturated/α-hetero) is 1. The monoisotopic (exact) mass is 578 g/mol. The van der Waals surface area contributed by atoms with Gasteiger partial charge in [-0.1, -0.05) is 23.2 Å². The van der Waals surface area contributed by atoms with Crippen LogP contribution in [0.15, 0.2) is 83.5 Å². The molecule has 1 fully saturated rings. The average molecular weight is 579 g/mol. The van der Waals surface area contributed by atoms with Crippen molar-refractivity contribution in [3.05, 3.63) is 106 Å². The second-order valence-electron chi connectivity index (χ2n) is 9.80. The van der Waals surface area contributed by atoms with Gasteiger partial charge in [0.2, 0.25) is 10.0 Å². The Morgan fingerprint density at radius 3 is 2.62 bits per heavy atom. The molecule has 2 aromatic carbocycles. The number of hydrogen-bond donors (Lipinski definition) is 0. The number of aromatic nitrogens is 3. The van der Waals surface area contributed by atoms with E-state index < -0.39 is 15.4 Å². The molecule has 0 amide bonds. The van der Waals surface area contributed by atoms with Crippen LogP contribution < -0.4 is 4.74 Å². The average Bonchev–Trinajstić information content (AvgIpc) is 3.38. The largest absolute Gasteiger partial charge is 0.495 e. The van der Waals surface area contributed by atoms with E-state index in [0.717, 1.165) is 16.8 Å². The zero-order valence-corrected chi connectivity index (χ0v) is 23.0. The fourth-order valence-electron chi connectivity index (χ4n) is 5.51. The minimum atomic E-state index is -4.00. The van der Waals surface area contributed by atoms with E-state index in [1.165, 1.54) is 41.7 Å². The van der Waals surface area contributed by atoms with Crippen molar-refractivity contribution in [2.24, 2.45) is 5.41 Å². The minimum Gasteiger partial charge on any atom is -0.495 e. The maximum atomic E-state index is 14.2. The molecule has 40 heavy (non-hydrogen) atoms. The van der Waals surface area contributed by atoms with Gasteiger partial charge < -0.3 is 4.74 Å². The summed E-state index contributed by atoms with van der Waals surface area (Å²) in [6.45, 7) is 0.108. The summed E-state index contributed by atoms with van der Waals surface area (Å²) >= 11 is 6.25. The predicted molar refractivity (Wildman–Crippen MR) is 148 cm³/mol. The van der Waals surface area contributed by atoms with Gasteiger partial charge in [0.1, 0.15) is 17.3 Å². The highest BCUT2D eigenvalue weighted by Crippen LogP contribution is 2.47. The van der Waals surface area contributed by atoms with Crippen LogP contribution in [-0.4, -0.2) is 53.5 Å². The number of piperidine rings is 1. The van der Waals surface area contributed by atoms with Crippen LogP contribution in [0.3, 0.4) is 0 Å². The Bertz CT molecular complexity index is 1760. The highest BCUT2D eigenvalue weighted by Gasteiger charge is 2.51. The predicted octanol–water partition coefficient (Wildman–Crippen LogP) is 4.97. The first kappa shape index (κ1) is 26.4. The van der Waals surface area contributed by atoms with E-state index in [1.54, 1.807) is 47.4 Å². The van der Waals surface area contributed by atoms with E-state index in [2.05, 4.69) is 10.1 Å². The van der Waals surface area contributed by atoms with Gasteiger partial charge in [-0.2, -0.15) is 9.40 Å². The Hall–Kier alpha value is -3.86. The molecule has 3 heterocycles. The summed E-state index contributed by atoms with van der Waals surface area (Å²) < 4.78 is 49.4. The van der Waals surface area contributed by atoms with Gasteiger partial charge in [-0.25, -0.2) is 17.5 Å². The summed E-state index contributed by atoms with van der Waals surface area (Å²) in [5, 5.41) is 4.70. The molecular formula is C29H24ClFN4O4S. The van der Waals surface area contributed by atoms with Crippen LogP contribution in [0.2, 0.25) is 5.02 Å². The van der Waals surface area contributed by atoms with Crippen molar-refractivity contribution in [3.63, 3.8) is 0 Å². The summed E-state index contributed by atoms with van der Waals surface area (Å²) in [5.41, 5.74) is 2.13. The number of ketones is 1. The molecule has 0 radical (unpaired) electrons. The molecule has 0 saturated carbocycles. The van der Waals surface area contributed by atoms with E-state index in [-0.39, 0.29) is 46.7 Å². The van der Waals surface area contributed by atoms with E-state index in [0.29, 0.717) is 17.9 Å². The van der Waals surface area contributed by atoms with Gasteiger partial charge in [0, 0.05) is 19.3 Å². The zero-order chi connectivity index (χ0) is 28.1. The molecule has 8 nitrogen and oxygen atoms in total. The molecule has 0 bridgehead atoms. The van der Waals surface area contributed by atoms with Crippen LogP contribution in [0, 0.1) is 11.2 Å². The van der Waals surface area contributed by atoms with Crippen LogP contribution in [0.1, 0.15) is 28.2 Å². The second kappa shape index (κ2) is 9.96. The number of pyridine rings is 1. The van der Waals surface area contributed by atoms with Gasteiger partial charge in [0.15, 0.2) is 5.78 Å². The molecule has 1 aliphatic carbocycles. The molecule has 1 atom stereocenters. The topological polar surface area (TPSA) is 94.4 Å². The third kappa shape index (κ3) is 4.32. The summed E-state index contributed by atoms with van der Waals surface area (Å²) in [6.07, 6.45) is 5.71. The maximum Gasteiger partial charge on any atom is 0.243 e. The van der Waals surface area contributed by atoms with Crippen LogP contribution >= 0.6 is 11.6 Å². The second-order valence-corrected chi connectivity index (χ2v) is 12.1.